The minimum atomic E-state index is -3.26. The first-order valence-electron chi connectivity index (χ1n) is 3.95. The highest BCUT2D eigenvalue weighted by atomic mass is 32.2. The fourth-order valence-electron chi connectivity index (χ4n) is 0.710. The van der Waals surface area contributed by atoms with Gasteiger partial charge in [0.05, 0.1) is 11.4 Å². The molecule has 0 spiro atoms. The van der Waals surface area contributed by atoms with Crippen molar-refractivity contribution < 1.29 is 8.42 Å². The summed E-state index contributed by atoms with van der Waals surface area (Å²) in [6.07, 6.45) is 1.57. The maximum Gasteiger partial charge on any atom is 0.236 e. The molecule has 0 fully saturated rings. The van der Waals surface area contributed by atoms with Crippen LogP contribution in [0.3, 0.4) is 0 Å². The molecule has 0 saturated carbocycles. The van der Waals surface area contributed by atoms with Gasteiger partial charge in [-0.3, -0.25) is 9.82 Å². The lowest BCUT2D eigenvalue weighted by atomic mass is 10.4. The largest absolute Gasteiger partial charge is 0.267 e. The van der Waals surface area contributed by atoms with Crippen molar-refractivity contribution in [2.24, 2.45) is 0 Å². The standard InChI is InChI=1S/C7H13N3O2S/c1-5(2)13(11,12)10-7-6(3)4-8-9-7/h4-5H,1-3H3,(H2,8,9,10). The fraction of sp³-hybridized carbons (Fsp3) is 0.571. The van der Waals surface area contributed by atoms with Crippen molar-refractivity contribution in [3.8, 4) is 0 Å². The molecule has 0 aromatic carbocycles. The third-order valence-electron chi connectivity index (χ3n) is 1.69. The van der Waals surface area contributed by atoms with E-state index in [0.29, 0.717) is 5.82 Å². The first-order chi connectivity index (χ1) is 5.93. The van der Waals surface area contributed by atoms with Gasteiger partial charge in [-0.2, -0.15) is 5.10 Å². The molecular formula is C7H13N3O2S. The van der Waals surface area contributed by atoms with Gasteiger partial charge in [0, 0.05) is 5.56 Å². The van der Waals surface area contributed by atoms with E-state index in [2.05, 4.69) is 14.9 Å². The fourth-order valence-corrected chi connectivity index (χ4v) is 1.44. The Hall–Kier alpha value is -1.04. The van der Waals surface area contributed by atoms with Gasteiger partial charge in [0.2, 0.25) is 10.0 Å². The van der Waals surface area contributed by atoms with Crippen molar-refractivity contribution in [2.45, 2.75) is 26.0 Å². The molecule has 0 bridgehead atoms. The van der Waals surface area contributed by atoms with Gasteiger partial charge < -0.3 is 0 Å². The summed E-state index contributed by atoms with van der Waals surface area (Å²) in [5.41, 5.74) is 0.782. The second-order valence-corrected chi connectivity index (χ2v) is 5.36. The number of hydrogen-bond acceptors (Lipinski definition) is 3. The highest BCUT2D eigenvalue weighted by Crippen LogP contribution is 2.12. The van der Waals surface area contributed by atoms with Gasteiger partial charge in [0.25, 0.3) is 0 Å². The van der Waals surface area contributed by atoms with Crippen molar-refractivity contribution in [1.82, 2.24) is 10.2 Å². The quantitative estimate of drug-likeness (QED) is 0.765. The van der Waals surface area contributed by atoms with Crippen LogP contribution in [0.5, 0.6) is 0 Å². The van der Waals surface area contributed by atoms with Gasteiger partial charge in [0.15, 0.2) is 0 Å². The van der Waals surface area contributed by atoms with Crippen LogP contribution in [0.1, 0.15) is 19.4 Å². The average Bonchev–Trinajstić information content (AvgIpc) is 2.35. The van der Waals surface area contributed by atoms with Gasteiger partial charge in [-0.05, 0) is 20.8 Å². The second kappa shape index (κ2) is 3.37. The van der Waals surface area contributed by atoms with Gasteiger partial charge >= 0.3 is 0 Å². The molecule has 0 aliphatic carbocycles. The molecule has 1 heterocycles. The molecule has 13 heavy (non-hydrogen) atoms. The van der Waals surface area contributed by atoms with Crippen molar-refractivity contribution in [1.29, 1.82) is 0 Å². The molecule has 6 heteroatoms. The monoisotopic (exact) mass is 203 g/mol. The second-order valence-electron chi connectivity index (χ2n) is 3.12. The maximum absolute atomic E-state index is 11.4. The minimum Gasteiger partial charge on any atom is -0.267 e. The number of aromatic nitrogens is 2. The zero-order chi connectivity index (χ0) is 10.1. The number of H-pyrrole nitrogens is 1. The Bertz CT molecular complexity index is 380. The van der Waals surface area contributed by atoms with Crippen molar-refractivity contribution in [2.75, 3.05) is 4.72 Å². The maximum atomic E-state index is 11.4. The summed E-state index contributed by atoms with van der Waals surface area (Å²) in [5.74, 6) is 0.439. The van der Waals surface area contributed by atoms with E-state index in [9.17, 15) is 8.42 Å². The number of nitrogens with zero attached hydrogens (tertiary/aromatic N) is 1. The summed E-state index contributed by atoms with van der Waals surface area (Å²) < 4.78 is 25.2. The van der Waals surface area contributed by atoms with Crippen molar-refractivity contribution in [3.05, 3.63) is 11.8 Å². The predicted molar refractivity (Wildman–Crippen MR) is 51.0 cm³/mol. The molecule has 0 atom stereocenters. The molecule has 0 aliphatic rings. The summed E-state index contributed by atoms with van der Waals surface area (Å²) in [6, 6.07) is 0. The molecule has 5 nitrogen and oxygen atoms in total. The van der Waals surface area contributed by atoms with Crippen LogP contribution in [0, 0.1) is 6.92 Å². The zero-order valence-electron chi connectivity index (χ0n) is 7.83. The molecule has 0 radical (unpaired) electrons. The molecule has 0 unspecified atom stereocenters. The normalized spacial score (nSPS) is 12.0. The topological polar surface area (TPSA) is 74.8 Å². The highest BCUT2D eigenvalue weighted by molar-refractivity contribution is 7.93. The van der Waals surface area contributed by atoms with Gasteiger partial charge in [0.1, 0.15) is 5.82 Å². The summed E-state index contributed by atoms with van der Waals surface area (Å²) in [6.45, 7) is 5.02. The Morgan fingerprint density at radius 1 is 1.54 bits per heavy atom. The molecule has 74 valence electrons. The summed E-state index contributed by atoms with van der Waals surface area (Å²) in [5, 5.41) is 5.84. The Morgan fingerprint density at radius 2 is 2.15 bits per heavy atom. The van der Waals surface area contributed by atoms with Crippen LogP contribution < -0.4 is 4.72 Å². The van der Waals surface area contributed by atoms with Crippen LogP contribution >= 0.6 is 0 Å². The van der Waals surface area contributed by atoms with E-state index < -0.39 is 15.3 Å². The number of aryl methyl sites for hydroxylation is 1. The number of rotatable bonds is 3. The third-order valence-corrected chi connectivity index (χ3v) is 3.42. The first kappa shape index (κ1) is 10.0. The van der Waals surface area contributed by atoms with E-state index in [4.69, 9.17) is 0 Å². The smallest absolute Gasteiger partial charge is 0.236 e. The Balaban J connectivity index is 2.88. The molecular weight excluding hydrogens is 190 g/mol. The Kier molecular flexibility index (Phi) is 2.60. The minimum absolute atomic E-state index is 0.439. The number of aromatic amines is 1. The van der Waals surface area contributed by atoms with Crippen LogP contribution in [0.25, 0.3) is 0 Å². The average molecular weight is 203 g/mol. The predicted octanol–water partition coefficient (Wildman–Crippen LogP) is 0.868. The van der Waals surface area contributed by atoms with Crippen LogP contribution in [-0.4, -0.2) is 23.9 Å². The number of anilines is 1. The van der Waals surface area contributed by atoms with Gasteiger partial charge in [-0.15, -0.1) is 0 Å². The van der Waals surface area contributed by atoms with Gasteiger partial charge in [-0.1, -0.05) is 0 Å². The van der Waals surface area contributed by atoms with E-state index in [-0.39, 0.29) is 0 Å². The van der Waals surface area contributed by atoms with Crippen LogP contribution in [0.4, 0.5) is 5.82 Å². The lowest BCUT2D eigenvalue weighted by Crippen LogP contribution is -2.23. The molecule has 1 rings (SSSR count). The molecule has 1 aromatic heterocycles. The Labute approximate surface area is 77.6 Å². The summed E-state index contributed by atoms with van der Waals surface area (Å²) >= 11 is 0. The van der Waals surface area contributed by atoms with Crippen LogP contribution in [0.2, 0.25) is 0 Å². The first-order valence-corrected chi connectivity index (χ1v) is 5.49. The molecule has 0 saturated heterocycles. The van der Waals surface area contributed by atoms with E-state index in [0.717, 1.165) is 5.56 Å². The number of nitrogens with one attached hydrogen (secondary N) is 2. The van der Waals surface area contributed by atoms with E-state index >= 15 is 0 Å². The van der Waals surface area contributed by atoms with E-state index in [1.165, 1.54) is 0 Å². The van der Waals surface area contributed by atoms with Gasteiger partial charge in [-0.25, -0.2) is 8.42 Å². The lowest BCUT2D eigenvalue weighted by molar-refractivity contribution is 0.592. The highest BCUT2D eigenvalue weighted by Gasteiger charge is 2.16. The van der Waals surface area contributed by atoms with E-state index in [1.54, 1.807) is 27.0 Å². The summed E-state index contributed by atoms with van der Waals surface area (Å²) in [4.78, 5) is 0. The molecule has 2 N–H and O–H groups in total. The zero-order valence-corrected chi connectivity index (χ0v) is 8.64. The summed E-state index contributed by atoms with van der Waals surface area (Å²) in [7, 11) is -3.26. The van der Waals surface area contributed by atoms with E-state index in [1.807, 2.05) is 0 Å². The molecule has 0 aliphatic heterocycles. The number of hydrogen-bond donors (Lipinski definition) is 2. The Morgan fingerprint density at radius 3 is 2.54 bits per heavy atom. The number of sulfonamides is 1. The SMILES string of the molecule is Cc1cn[nH]c1NS(=O)(=O)C(C)C. The van der Waals surface area contributed by atoms with Crippen molar-refractivity contribution in [3.63, 3.8) is 0 Å². The lowest BCUT2D eigenvalue weighted by Gasteiger charge is -2.08. The van der Waals surface area contributed by atoms with Crippen LogP contribution in [-0.2, 0) is 10.0 Å². The van der Waals surface area contributed by atoms with Crippen molar-refractivity contribution >= 4 is 15.8 Å². The molecule has 1 aromatic rings. The molecule has 0 amide bonds. The third kappa shape index (κ3) is 2.21. The van der Waals surface area contributed by atoms with Crippen LogP contribution in [0.15, 0.2) is 6.20 Å².